The van der Waals surface area contributed by atoms with Crippen molar-refractivity contribution in [2.45, 2.75) is 38.1 Å². The molecule has 1 heterocycles. The molecule has 114 valence electrons. The quantitative estimate of drug-likeness (QED) is 0.848. The number of rotatable bonds is 4. The molecule has 1 aliphatic carbocycles. The van der Waals surface area contributed by atoms with Gasteiger partial charge in [-0.3, -0.25) is 4.99 Å². The van der Waals surface area contributed by atoms with Crippen LogP contribution in [0.15, 0.2) is 47.7 Å². The van der Waals surface area contributed by atoms with Crippen molar-refractivity contribution in [1.82, 2.24) is 4.57 Å². The second kappa shape index (κ2) is 6.60. The van der Waals surface area contributed by atoms with E-state index in [1.807, 2.05) is 0 Å². The molecule has 0 amide bonds. The van der Waals surface area contributed by atoms with Gasteiger partial charge < -0.3 is 9.67 Å². The van der Waals surface area contributed by atoms with E-state index >= 15 is 0 Å². The summed E-state index contributed by atoms with van der Waals surface area (Å²) in [6.07, 6.45) is 12.5. The molecule has 0 atom stereocenters. The van der Waals surface area contributed by atoms with Gasteiger partial charge in [-0.15, -0.1) is 0 Å². The van der Waals surface area contributed by atoms with Crippen LogP contribution in [0.3, 0.4) is 0 Å². The van der Waals surface area contributed by atoms with Crippen LogP contribution in [0.5, 0.6) is 0 Å². The zero-order valence-corrected chi connectivity index (χ0v) is 12.5. The van der Waals surface area contributed by atoms with E-state index in [1.54, 1.807) is 30.5 Å². The first-order valence-electron chi connectivity index (χ1n) is 7.77. The fraction of sp³-hybridized carbons (Fsp3) is 0.333. The maximum absolute atomic E-state index is 11.0. The molecule has 22 heavy (non-hydrogen) atoms. The molecule has 0 unspecified atom stereocenters. The molecular formula is C18H20N2O2. The van der Waals surface area contributed by atoms with Crippen molar-refractivity contribution in [3.8, 4) is 0 Å². The normalized spacial score (nSPS) is 16.2. The predicted molar refractivity (Wildman–Crippen MR) is 87.2 cm³/mol. The Kier molecular flexibility index (Phi) is 4.37. The summed E-state index contributed by atoms with van der Waals surface area (Å²) in [4.78, 5) is 15.3. The van der Waals surface area contributed by atoms with Gasteiger partial charge in [0.25, 0.3) is 0 Å². The Labute approximate surface area is 130 Å². The number of aliphatic imine (C=N–C) groups is 1. The van der Waals surface area contributed by atoms with Crippen LogP contribution in [0.1, 0.15) is 54.1 Å². The van der Waals surface area contributed by atoms with Crippen LogP contribution < -0.4 is 0 Å². The third kappa shape index (κ3) is 3.45. The third-order valence-electron chi connectivity index (χ3n) is 4.19. The highest BCUT2D eigenvalue weighted by Gasteiger charge is 2.14. The summed E-state index contributed by atoms with van der Waals surface area (Å²) in [6.45, 7) is 0. The van der Waals surface area contributed by atoms with Crippen LogP contribution in [0.2, 0.25) is 0 Å². The zero-order valence-electron chi connectivity index (χ0n) is 12.5. The number of carbonyl (C=O) groups is 1. The second-order valence-electron chi connectivity index (χ2n) is 5.80. The van der Waals surface area contributed by atoms with E-state index in [-0.39, 0.29) is 5.56 Å². The van der Waals surface area contributed by atoms with Gasteiger partial charge in [0.1, 0.15) is 0 Å². The molecule has 2 aromatic rings. The summed E-state index contributed by atoms with van der Waals surface area (Å²) in [7, 11) is 0. The van der Waals surface area contributed by atoms with Crippen molar-refractivity contribution in [2.24, 2.45) is 4.99 Å². The van der Waals surface area contributed by atoms with E-state index in [4.69, 9.17) is 5.11 Å². The van der Waals surface area contributed by atoms with Crippen molar-refractivity contribution in [3.63, 3.8) is 0 Å². The van der Waals surface area contributed by atoms with E-state index in [2.05, 4.69) is 28.0 Å². The van der Waals surface area contributed by atoms with Crippen LogP contribution in [0.4, 0.5) is 5.69 Å². The molecule has 4 heteroatoms. The molecule has 1 saturated carbocycles. The minimum Gasteiger partial charge on any atom is -0.478 e. The Morgan fingerprint density at radius 2 is 2.05 bits per heavy atom. The number of hydrogen-bond acceptors (Lipinski definition) is 2. The van der Waals surface area contributed by atoms with Crippen molar-refractivity contribution < 1.29 is 9.90 Å². The zero-order chi connectivity index (χ0) is 15.4. The lowest BCUT2D eigenvalue weighted by molar-refractivity contribution is 0.0697. The molecule has 1 aromatic heterocycles. The minimum atomic E-state index is -0.930. The van der Waals surface area contributed by atoms with Crippen LogP contribution in [0, 0.1) is 0 Å². The predicted octanol–water partition coefficient (Wildman–Crippen LogP) is 4.44. The maximum Gasteiger partial charge on any atom is 0.335 e. The number of nitrogens with zero attached hydrogens (tertiary/aromatic N) is 2. The van der Waals surface area contributed by atoms with Crippen molar-refractivity contribution >= 4 is 17.9 Å². The van der Waals surface area contributed by atoms with Gasteiger partial charge in [0.2, 0.25) is 0 Å². The molecule has 0 bridgehead atoms. The summed E-state index contributed by atoms with van der Waals surface area (Å²) in [5, 5.41) is 8.99. The highest BCUT2D eigenvalue weighted by atomic mass is 16.4. The van der Waals surface area contributed by atoms with Crippen molar-refractivity contribution in [3.05, 3.63) is 53.9 Å². The number of carboxylic acid groups (broad SMARTS) is 1. The Morgan fingerprint density at radius 3 is 2.82 bits per heavy atom. The first-order chi connectivity index (χ1) is 10.7. The fourth-order valence-corrected chi connectivity index (χ4v) is 2.98. The first-order valence-corrected chi connectivity index (χ1v) is 7.77. The lowest BCUT2D eigenvalue weighted by Gasteiger charge is -2.23. The Balaban J connectivity index is 1.71. The van der Waals surface area contributed by atoms with Gasteiger partial charge >= 0.3 is 5.97 Å². The fourth-order valence-electron chi connectivity index (χ4n) is 2.98. The SMILES string of the molecule is O=C(O)c1cccc(N=Cc2ccn(C3CCCCC3)c2)c1. The van der Waals surface area contributed by atoms with Gasteiger partial charge in [-0.1, -0.05) is 25.3 Å². The summed E-state index contributed by atoms with van der Waals surface area (Å²) in [6, 6.07) is 9.34. The van der Waals surface area contributed by atoms with Crippen LogP contribution >= 0.6 is 0 Å². The summed E-state index contributed by atoms with van der Waals surface area (Å²) < 4.78 is 2.29. The largest absolute Gasteiger partial charge is 0.478 e. The summed E-state index contributed by atoms with van der Waals surface area (Å²) in [5.74, 6) is -0.930. The van der Waals surface area contributed by atoms with Crippen molar-refractivity contribution in [2.75, 3.05) is 0 Å². The van der Waals surface area contributed by atoms with Crippen molar-refractivity contribution in [1.29, 1.82) is 0 Å². The lowest BCUT2D eigenvalue weighted by atomic mass is 9.95. The van der Waals surface area contributed by atoms with Gasteiger partial charge in [-0.2, -0.15) is 0 Å². The summed E-state index contributed by atoms with van der Waals surface area (Å²) >= 11 is 0. The molecule has 0 saturated heterocycles. The first kappa shape index (κ1) is 14.6. The molecule has 1 aliphatic rings. The van der Waals surface area contributed by atoms with Gasteiger partial charge in [0, 0.05) is 30.2 Å². The van der Waals surface area contributed by atoms with E-state index in [9.17, 15) is 4.79 Å². The van der Waals surface area contributed by atoms with E-state index in [0.717, 1.165) is 5.56 Å². The standard InChI is InChI=1S/C18H20N2O2/c21-18(22)15-5-4-6-16(11-15)19-12-14-9-10-20(13-14)17-7-2-1-3-8-17/h4-6,9-13,17H,1-3,7-8H2,(H,21,22). The minimum absolute atomic E-state index is 0.259. The second-order valence-corrected chi connectivity index (χ2v) is 5.80. The van der Waals surface area contributed by atoms with Gasteiger partial charge in [-0.05, 0) is 37.1 Å². The van der Waals surface area contributed by atoms with Crippen LogP contribution in [-0.2, 0) is 0 Å². The molecule has 0 aliphatic heterocycles. The van der Waals surface area contributed by atoms with E-state index < -0.39 is 5.97 Å². The highest BCUT2D eigenvalue weighted by molar-refractivity contribution is 5.89. The number of aromatic carboxylic acids is 1. The molecular weight excluding hydrogens is 276 g/mol. The smallest absolute Gasteiger partial charge is 0.335 e. The molecule has 1 N–H and O–H groups in total. The molecule has 4 nitrogen and oxygen atoms in total. The number of aromatic nitrogens is 1. The topological polar surface area (TPSA) is 54.6 Å². The molecule has 1 aromatic carbocycles. The van der Waals surface area contributed by atoms with Crippen LogP contribution in [0.25, 0.3) is 0 Å². The monoisotopic (exact) mass is 296 g/mol. The summed E-state index contributed by atoms with van der Waals surface area (Å²) in [5.41, 5.74) is 1.96. The maximum atomic E-state index is 11.0. The lowest BCUT2D eigenvalue weighted by Crippen LogP contribution is -2.10. The Bertz CT molecular complexity index is 682. The number of carboxylic acids is 1. The van der Waals surface area contributed by atoms with Gasteiger partial charge in [-0.25, -0.2) is 4.79 Å². The molecule has 0 radical (unpaired) electrons. The average Bonchev–Trinajstić information content (AvgIpc) is 3.03. The van der Waals surface area contributed by atoms with E-state index in [1.165, 1.54) is 32.1 Å². The molecule has 1 fully saturated rings. The van der Waals surface area contributed by atoms with Gasteiger partial charge in [0.15, 0.2) is 0 Å². The third-order valence-corrected chi connectivity index (χ3v) is 4.19. The highest BCUT2D eigenvalue weighted by Crippen LogP contribution is 2.28. The number of benzene rings is 1. The van der Waals surface area contributed by atoms with E-state index in [0.29, 0.717) is 11.7 Å². The molecule has 3 rings (SSSR count). The average molecular weight is 296 g/mol. The molecule has 0 spiro atoms. The Hall–Kier alpha value is -2.36. The number of hydrogen-bond donors (Lipinski definition) is 1. The Morgan fingerprint density at radius 1 is 1.23 bits per heavy atom. The van der Waals surface area contributed by atoms with Gasteiger partial charge in [0.05, 0.1) is 11.3 Å². The van der Waals surface area contributed by atoms with Crippen LogP contribution in [-0.4, -0.2) is 21.9 Å².